The summed E-state index contributed by atoms with van der Waals surface area (Å²) in [6, 6.07) is 0. The number of anilines is 1. The first-order valence-corrected chi connectivity index (χ1v) is 6.96. The first-order chi connectivity index (χ1) is 8.46. The minimum atomic E-state index is -0.0281. The molecule has 1 aromatic rings. The summed E-state index contributed by atoms with van der Waals surface area (Å²) in [5, 5.41) is 5.27. The van der Waals surface area contributed by atoms with Gasteiger partial charge in [0.05, 0.1) is 6.54 Å². The van der Waals surface area contributed by atoms with Gasteiger partial charge in [-0.15, -0.1) is 11.3 Å². The number of carbonyl (C=O) groups is 1. The Labute approximate surface area is 112 Å². The SMILES string of the molecule is CCN(CC(=O)Nc1nccs1)CC(C)(C)CN. The Morgan fingerprint density at radius 2 is 2.33 bits per heavy atom. The molecule has 0 aliphatic carbocycles. The van der Waals surface area contributed by atoms with E-state index in [1.807, 2.05) is 12.3 Å². The predicted molar refractivity (Wildman–Crippen MR) is 75.7 cm³/mol. The fourth-order valence-electron chi connectivity index (χ4n) is 1.60. The molecule has 0 saturated heterocycles. The second kappa shape index (κ2) is 6.82. The maximum atomic E-state index is 11.8. The van der Waals surface area contributed by atoms with Crippen LogP contribution in [0.15, 0.2) is 11.6 Å². The molecule has 1 aromatic heterocycles. The van der Waals surface area contributed by atoms with Gasteiger partial charge in [0.2, 0.25) is 5.91 Å². The van der Waals surface area contributed by atoms with E-state index >= 15 is 0 Å². The number of hydrogen-bond acceptors (Lipinski definition) is 5. The molecule has 1 heterocycles. The van der Waals surface area contributed by atoms with Crippen molar-refractivity contribution in [3.63, 3.8) is 0 Å². The van der Waals surface area contributed by atoms with E-state index in [1.165, 1.54) is 11.3 Å². The first kappa shape index (κ1) is 15.1. The second-order valence-electron chi connectivity index (χ2n) is 5.06. The Morgan fingerprint density at radius 3 is 2.83 bits per heavy atom. The van der Waals surface area contributed by atoms with E-state index in [1.54, 1.807) is 6.20 Å². The number of thiazole rings is 1. The summed E-state index contributed by atoms with van der Waals surface area (Å²) in [4.78, 5) is 18.0. The Morgan fingerprint density at radius 1 is 1.61 bits per heavy atom. The molecule has 0 radical (unpaired) electrons. The van der Waals surface area contributed by atoms with Crippen molar-refractivity contribution in [3.8, 4) is 0 Å². The molecule has 0 unspecified atom stereocenters. The highest BCUT2D eigenvalue weighted by Gasteiger charge is 2.21. The Balaban J connectivity index is 2.45. The Bertz CT molecular complexity index is 364. The second-order valence-corrected chi connectivity index (χ2v) is 5.95. The molecule has 0 atom stereocenters. The number of hydrogen-bond donors (Lipinski definition) is 2. The van der Waals surface area contributed by atoms with Crippen LogP contribution in [-0.2, 0) is 4.79 Å². The molecule has 0 fully saturated rings. The van der Waals surface area contributed by atoms with Gasteiger partial charge in [0, 0.05) is 18.1 Å². The summed E-state index contributed by atoms with van der Waals surface area (Å²) < 4.78 is 0. The van der Waals surface area contributed by atoms with Crippen LogP contribution < -0.4 is 11.1 Å². The van der Waals surface area contributed by atoms with Crippen LogP contribution in [0.2, 0.25) is 0 Å². The zero-order chi connectivity index (χ0) is 13.6. The van der Waals surface area contributed by atoms with E-state index in [2.05, 4.69) is 29.0 Å². The van der Waals surface area contributed by atoms with Crippen molar-refractivity contribution in [1.29, 1.82) is 0 Å². The largest absolute Gasteiger partial charge is 0.330 e. The van der Waals surface area contributed by atoms with Crippen molar-refractivity contribution in [2.75, 3.05) is 31.5 Å². The number of carbonyl (C=O) groups excluding carboxylic acids is 1. The smallest absolute Gasteiger partial charge is 0.240 e. The van der Waals surface area contributed by atoms with Gasteiger partial charge in [-0.05, 0) is 18.5 Å². The van der Waals surface area contributed by atoms with E-state index in [-0.39, 0.29) is 11.3 Å². The molecule has 6 heteroatoms. The average Bonchev–Trinajstić information content (AvgIpc) is 2.80. The van der Waals surface area contributed by atoms with E-state index in [0.717, 1.165) is 13.1 Å². The van der Waals surface area contributed by atoms with Gasteiger partial charge in [-0.1, -0.05) is 20.8 Å². The van der Waals surface area contributed by atoms with Gasteiger partial charge in [0.1, 0.15) is 0 Å². The Hall–Kier alpha value is -0.980. The zero-order valence-corrected chi connectivity index (χ0v) is 12.1. The number of amides is 1. The fraction of sp³-hybridized carbons (Fsp3) is 0.667. The van der Waals surface area contributed by atoms with Crippen molar-refractivity contribution in [1.82, 2.24) is 9.88 Å². The maximum absolute atomic E-state index is 11.8. The van der Waals surface area contributed by atoms with Crippen LogP contribution in [0, 0.1) is 5.41 Å². The third-order valence-corrected chi connectivity index (χ3v) is 3.39. The molecular weight excluding hydrogens is 248 g/mol. The van der Waals surface area contributed by atoms with E-state index in [4.69, 9.17) is 5.73 Å². The summed E-state index contributed by atoms with van der Waals surface area (Å²) in [6.07, 6.45) is 1.68. The van der Waals surface area contributed by atoms with Crippen LogP contribution in [0.3, 0.4) is 0 Å². The minimum Gasteiger partial charge on any atom is -0.330 e. The number of likely N-dealkylation sites (N-methyl/N-ethyl adjacent to an activating group) is 1. The van der Waals surface area contributed by atoms with Gasteiger partial charge in [-0.2, -0.15) is 0 Å². The standard InChI is InChI=1S/C12H22N4OS/c1-4-16(9-12(2,3)8-13)7-10(17)15-11-14-5-6-18-11/h5-6H,4,7-9,13H2,1-3H3,(H,14,15,17). The summed E-state index contributed by atoms with van der Waals surface area (Å²) in [5.74, 6) is -0.0281. The van der Waals surface area contributed by atoms with Gasteiger partial charge in [-0.25, -0.2) is 4.98 Å². The molecule has 1 rings (SSSR count). The van der Waals surface area contributed by atoms with E-state index < -0.39 is 0 Å². The maximum Gasteiger partial charge on any atom is 0.240 e. The molecule has 0 aliphatic heterocycles. The zero-order valence-electron chi connectivity index (χ0n) is 11.3. The molecule has 0 aromatic carbocycles. The van der Waals surface area contributed by atoms with Gasteiger partial charge in [0.15, 0.2) is 5.13 Å². The van der Waals surface area contributed by atoms with Crippen LogP contribution in [0.25, 0.3) is 0 Å². The van der Waals surface area contributed by atoms with Gasteiger partial charge < -0.3 is 11.1 Å². The highest BCUT2D eigenvalue weighted by Crippen LogP contribution is 2.15. The van der Waals surface area contributed by atoms with E-state index in [9.17, 15) is 4.79 Å². The normalized spacial score (nSPS) is 11.8. The number of nitrogens with zero attached hydrogens (tertiary/aromatic N) is 2. The molecule has 1 amide bonds. The highest BCUT2D eigenvalue weighted by molar-refractivity contribution is 7.13. The average molecular weight is 270 g/mol. The molecule has 0 spiro atoms. The van der Waals surface area contributed by atoms with Crippen molar-refractivity contribution in [2.45, 2.75) is 20.8 Å². The molecule has 5 nitrogen and oxygen atoms in total. The first-order valence-electron chi connectivity index (χ1n) is 6.08. The third-order valence-electron chi connectivity index (χ3n) is 2.70. The van der Waals surface area contributed by atoms with Crippen LogP contribution in [0.1, 0.15) is 20.8 Å². The lowest BCUT2D eigenvalue weighted by atomic mass is 9.93. The number of aromatic nitrogens is 1. The molecular formula is C12H22N4OS. The molecule has 102 valence electrons. The minimum absolute atomic E-state index is 0.0253. The van der Waals surface area contributed by atoms with Crippen molar-refractivity contribution >= 4 is 22.4 Å². The van der Waals surface area contributed by atoms with Crippen molar-refractivity contribution in [2.24, 2.45) is 11.1 Å². The predicted octanol–water partition coefficient (Wildman–Crippen LogP) is 1.39. The number of nitrogens with two attached hydrogens (primary N) is 1. The van der Waals surface area contributed by atoms with Gasteiger partial charge in [0.25, 0.3) is 0 Å². The highest BCUT2D eigenvalue weighted by atomic mass is 32.1. The quantitative estimate of drug-likeness (QED) is 0.785. The van der Waals surface area contributed by atoms with Crippen molar-refractivity contribution < 1.29 is 4.79 Å². The van der Waals surface area contributed by atoms with Gasteiger partial charge >= 0.3 is 0 Å². The van der Waals surface area contributed by atoms with Crippen LogP contribution in [0.4, 0.5) is 5.13 Å². The summed E-state index contributed by atoms with van der Waals surface area (Å²) in [6.45, 7) is 8.88. The van der Waals surface area contributed by atoms with Gasteiger partial charge in [-0.3, -0.25) is 9.69 Å². The monoisotopic (exact) mass is 270 g/mol. The van der Waals surface area contributed by atoms with Crippen LogP contribution in [-0.4, -0.2) is 42.0 Å². The lowest BCUT2D eigenvalue weighted by molar-refractivity contribution is -0.117. The lowest BCUT2D eigenvalue weighted by Gasteiger charge is -2.30. The van der Waals surface area contributed by atoms with Crippen molar-refractivity contribution in [3.05, 3.63) is 11.6 Å². The fourth-order valence-corrected chi connectivity index (χ4v) is 2.14. The number of rotatable bonds is 7. The molecule has 18 heavy (non-hydrogen) atoms. The Kier molecular flexibility index (Phi) is 5.71. The number of nitrogens with one attached hydrogen (secondary N) is 1. The molecule has 0 bridgehead atoms. The molecule has 3 N–H and O–H groups in total. The summed E-state index contributed by atoms with van der Waals surface area (Å²) >= 11 is 1.42. The molecule has 0 saturated carbocycles. The van der Waals surface area contributed by atoms with Crippen LogP contribution >= 0.6 is 11.3 Å². The van der Waals surface area contributed by atoms with Crippen LogP contribution in [0.5, 0.6) is 0 Å². The summed E-state index contributed by atoms with van der Waals surface area (Å²) in [7, 11) is 0. The molecule has 0 aliphatic rings. The lowest BCUT2D eigenvalue weighted by Crippen LogP contribution is -2.42. The topological polar surface area (TPSA) is 71.2 Å². The summed E-state index contributed by atoms with van der Waals surface area (Å²) in [5.41, 5.74) is 5.74. The third kappa shape index (κ3) is 5.12. The van der Waals surface area contributed by atoms with E-state index in [0.29, 0.717) is 18.2 Å².